The molecule has 0 spiro atoms. The van der Waals surface area contributed by atoms with E-state index in [9.17, 15) is 9.90 Å². The highest BCUT2D eigenvalue weighted by Crippen LogP contribution is 2.41. The third kappa shape index (κ3) is 3.69. The molecule has 0 radical (unpaired) electrons. The molecule has 0 aliphatic heterocycles. The highest BCUT2D eigenvalue weighted by Gasteiger charge is 2.29. The third-order valence-electron chi connectivity index (χ3n) is 5.17. The van der Waals surface area contributed by atoms with Crippen molar-refractivity contribution in [1.29, 1.82) is 5.26 Å². The van der Waals surface area contributed by atoms with Crippen LogP contribution in [0.3, 0.4) is 0 Å². The molecule has 5 nitrogen and oxygen atoms in total. The average molecular weight is 340 g/mol. The fraction of sp³-hybridized carbons (Fsp3) is 0.500. The highest BCUT2D eigenvalue weighted by molar-refractivity contribution is 5.85. The minimum atomic E-state index is -0.406. The molecule has 25 heavy (non-hydrogen) atoms. The monoisotopic (exact) mass is 340 g/mol. The maximum absolute atomic E-state index is 11.9. The van der Waals surface area contributed by atoms with Crippen molar-refractivity contribution in [3.05, 3.63) is 39.7 Å². The van der Waals surface area contributed by atoms with Crippen molar-refractivity contribution in [2.24, 2.45) is 5.92 Å². The van der Waals surface area contributed by atoms with Gasteiger partial charge in [0.1, 0.15) is 11.3 Å². The van der Waals surface area contributed by atoms with Gasteiger partial charge in [0.05, 0.1) is 11.6 Å². The van der Waals surface area contributed by atoms with Gasteiger partial charge in [-0.3, -0.25) is 0 Å². The predicted octanol–water partition coefficient (Wildman–Crippen LogP) is 3.93. The molecule has 1 heterocycles. The smallest absolute Gasteiger partial charge is 0.336 e. The van der Waals surface area contributed by atoms with Crippen LogP contribution in [-0.2, 0) is 0 Å². The molecule has 2 N–H and O–H groups in total. The molecule has 1 aromatic heterocycles. The van der Waals surface area contributed by atoms with E-state index in [0.29, 0.717) is 30.0 Å². The summed E-state index contributed by atoms with van der Waals surface area (Å²) < 4.78 is 5.51. The van der Waals surface area contributed by atoms with Crippen molar-refractivity contribution in [3.63, 3.8) is 0 Å². The van der Waals surface area contributed by atoms with Crippen LogP contribution in [0.15, 0.2) is 27.4 Å². The van der Waals surface area contributed by atoms with Gasteiger partial charge in [-0.1, -0.05) is 19.3 Å². The van der Waals surface area contributed by atoms with Gasteiger partial charge < -0.3 is 14.8 Å². The van der Waals surface area contributed by atoms with E-state index in [1.54, 1.807) is 12.1 Å². The maximum atomic E-state index is 11.9. The molecule has 1 atom stereocenters. The Labute approximate surface area is 147 Å². The minimum absolute atomic E-state index is 0.123. The molecule has 132 valence electrons. The van der Waals surface area contributed by atoms with E-state index in [-0.39, 0.29) is 11.8 Å². The Kier molecular flexibility index (Phi) is 5.40. The summed E-state index contributed by atoms with van der Waals surface area (Å²) in [6.07, 6.45) is 6.09. The van der Waals surface area contributed by atoms with E-state index < -0.39 is 5.63 Å². The summed E-state index contributed by atoms with van der Waals surface area (Å²) >= 11 is 0. The maximum Gasteiger partial charge on any atom is 0.336 e. The molecule has 1 unspecified atom stereocenters. The summed E-state index contributed by atoms with van der Waals surface area (Å²) in [5, 5.41) is 23.7. The Morgan fingerprint density at radius 2 is 2.12 bits per heavy atom. The van der Waals surface area contributed by atoms with Crippen molar-refractivity contribution in [1.82, 2.24) is 5.32 Å². The second-order valence-electron chi connectivity index (χ2n) is 6.86. The highest BCUT2D eigenvalue weighted by atomic mass is 16.4. The zero-order valence-electron chi connectivity index (χ0n) is 14.5. The predicted molar refractivity (Wildman–Crippen MR) is 96.4 cm³/mol. The Morgan fingerprint density at radius 3 is 2.84 bits per heavy atom. The van der Waals surface area contributed by atoms with Gasteiger partial charge >= 0.3 is 5.63 Å². The number of aromatic hydroxyl groups is 1. The summed E-state index contributed by atoms with van der Waals surface area (Å²) in [5.74, 6) is 0.496. The summed E-state index contributed by atoms with van der Waals surface area (Å²) in [5.41, 5.74) is 1.55. The van der Waals surface area contributed by atoms with Gasteiger partial charge in [-0.15, -0.1) is 0 Å². The molecule has 1 aromatic carbocycles. The van der Waals surface area contributed by atoms with E-state index >= 15 is 0 Å². The van der Waals surface area contributed by atoms with Crippen molar-refractivity contribution in [2.75, 3.05) is 6.54 Å². The molecule has 1 aliphatic carbocycles. The van der Waals surface area contributed by atoms with Crippen LogP contribution < -0.4 is 10.9 Å². The molecule has 3 rings (SSSR count). The number of benzene rings is 1. The first-order valence-electron chi connectivity index (χ1n) is 8.98. The number of fused-ring (bicyclic) bond motifs is 1. The molecule has 1 saturated carbocycles. The normalized spacial score (nSPS) is 16.6. The molecular weight excluding hydrogens is 316 g/mol. The summed E-state index contributed by atoms with van der Waals surface area (Å²) in [6, 6.07) is 6.96. The number of aryl methyl sites for hydroxylation is 1. The number of nitrogens with zero attached hydrogens (tertiary/aromatic N) is 1. The second-order valence-corrected chi connectivity index (χ2v) is 6.86. The minimum Gasteiger partial charge on any atom is -0.507 e. The Balaban J connectivity index is 2.11. The van der Waals surface area contributed by atoms with E-state index in [2.05, 4.69) is 11.4 Å². The quantitative estimate of drug-likeness (QED) is 0.636. The van der Waals surface area contributed by atoms with Crippen LogP contribution in [0.4, 0.5) is 0 Å². The first-order valence-corrected chi connectivity index (χ1v) is 8.98. The lowest BCUT2D eigenvalue weighted by atomic mass is 9.80. The topological polar surface area (TPSA) is 86.3 Å². The number of phenols is 1. The average Bonchev–Trinajstić information content (AvgIpc) is 2.60. The third-order valence-corrected chi connectivity index (χ3v) is 5.17. The van der Waals surface area contributed by atoms with Crippen LogP contribution in [0, 0.1) is 24.2 Å². The lowest BCUT2D eigenvalue weighted by Crippen LogP contribution is -2.31. The summed E-state index contributed by atoms with van der Waals surface area (Å²) in [4.78, 5) is 11.9. The standard InChI is InChI=1S/C20H24N2O3/c1-13-12-17(24)25-20-15(13)8-9-16(23)18(20)19(22-11-5-10-21)14-6-3-2-4-7-14/h8-9,12,14,19,22-23H,2-7,11H2,1H3. The van der Waals surface area contributed by atoms with Crippen molar-refractivity contribution in [3.8, 4) is 11.8 Å². The number of hydrogen-bond donors (Lipinski definition) is 2. The van der Waals surface area contributed by atoms with Gasteiger partial charge in [-0.2, -0.15) is 5.26 Å². The van der Waals surface area contributed by atoms with Crippen LogP contribution in [0.25, 0.3) is 11.0 Å². The zero-order chi connectivity index (χ0) is 17.8. The van der Waals surface area contributed by atoms with Gasteiger partial charge in [0.25, 0.3) is 0 Å². The van der Waals surface area contributed by atoms with Gasteiger partial charge in [-0.05, 0) is 43.4 Å². The van der Waals surface area contributed by atoms with Crippen molar-refractivity contribution >= 4 is 11.0 Å². The summed E-state index contributed by atoms with van der Waals surface area (Å²) in [6.45, 7) is 2.42. The number of rotatable bonds is 5. The van der Waals surface area contributed by atoms with Crippen LogP contribution in [0.2, 0.25) is 0 Å². The van der Waals surface area contributed by atoms with Crippen LogP contribution >= 0.6 is 0 Å². The van der Waals surface area contributed by atoms with Crippen LogP contribution in [0.1, 0.15) is 55.7 Å². The summed E-state index contributed by atoms with van der Waals surface area (Å²) in [7, 11) is 0. The SMILES string of the molecule is Cc1cc(=O)oc2c(C(NCCC#N)C3CCCCC3)c(O)ccc12. The number of hydrogen-bond acceptors (Lipinski definition) is 5. The van der Waals surface area contributed by atoms with E-state index in [1.807, 2.05) is 6.92 Å². The first kappa shape index (κ1) is 17.5. The fourth-order valence-corrected chi connectivity index (χ4v) is 3.95. The lowest BCUT2D eigenvalue weighted by Gasteiger charge is -2.32. The molecule has 5 heteroatoms. The fourth-order valence-electron chi connectivity index (χ4n) is 3.95. The van der Waals surface area contributed by atoms with Gasteiger partial charge in [0.15, 0.2) is 0 Å². The molecule has 0 amide bonds. The molecular formula is C20H24N2O3. The largest absolute Gasteiger partial charge is 0.507 e. The molecule has 0 bridgehead atoms. The Bertz CT molecular complexity index is 844. The Morgan fingerprint density at radius 1 is 1.36 bits per heavy atom. The van der Waals surface area contributed by atoms with Crippen LogP contribution in [0.5, 0.6) is 5.75 Å². The van der Waals surface area contributed by atoms with Gasteiger partial charge in [0.2, 0.25) is 0 Å². The van der Waals surface area contributed by atoms with E-state index in [4.69, 9.17) is 9.68 Å². The number of nitriles is 1. The Hall–Kier alpha value is -2.32. The van der Waals surface area contributed by atoms with E-state index in [1.165, 1.54) is 12.5 Å². The molecule has 1 aliphatic rings. The molecule has 1 fully saturated rings. The van der Waals surface area contributed by atoms with Crippen molar-refractivity contribution in [2.45, 2.75) is 51.5 Å². The zero-order valence-corrected chi connectivity index (χ0v) is 14.5. The van der Waals surface area contributed by atoms with Crippen molar-refractivity contribution < 1.29 is 9.52 Å². The van der Waals surface area contributed by atoms with E-state index in [0.717, 1.165) is 36.6 Å². The van der Waals surface area contributed by atoms with Crippen LogP contribution in [-0.4, -0.2) is 11.7 Å². The second kappa shape index (κ2) is 7.71. The van der Waals surface area contributed by atoms with Gasteiger partial charge in [-0.25, -0.2) is 4.79 Å². The first-order chi connectivity index (χ1) is 12.1. The number of phenolic OH excluding ortho intramolecular Hbond substituents is 1. The van der Waals surface area contributed by atoms with Gasteiger partial charge in [0, 0.05) is 30.5 Å². The molecule has 0 saturated heterocycles. The number of nitrogens with one attached hydrogen (secondary N) is 1. The lowest BCUT2D eigenvalue weighted by molar-refractivity contribution is 0.268. The molecule has 2 aromatic rings.